The number of rotatable bonds is 1. The third-order valence-electron chi connectivity index (χ3n) is 3.36. The molecule has 0 spiro atoms. The summed E-state index contributed by atoms with van der Waals surface area (Å²) in [5.74, 6) is 0. The average molecular weight is 218 g/mol. The fourth-order valence-corrected chi connectivity index (χ4v) is 2.36. The second-order valence-corrected chi connectivity index (χ2v) is 4.44. The minimum Gasteiger partial charge on any atom is -0.328 e. The molecule has 1 saturated carbocycles. The maximum Gasteiger partial charge on any atom is 0.330 e. The molecule has 0 aromatic carbocycles. The summed E-state index contributed by atoms with van der Waals surface area (Å²) in [4.78, 5) is 16.4. The topological polar surface area (TPSA) is 65.8 Å². The Kier molecular flexibility index (Phi) is 1.91. The maximum atomic E-state index is 12.1. The summed E-state index contributed by atoms with van der Waals surface area (Å²) in [6.07, 6.45) is 3.46. The molecule has 1 aliphatic rings. The highest BCUT2D eigenvalue weighted by Gasteiger charge is 2.30. The molecule has 0 aliphatic heterocycles. The van der Waals surface area contributed by atoms with Crippen molar-refractivity contribution >= 4 is 11.2 Å². The summed E-state index contributed by atoms with van der Waals surface area (Å²) in [6.45, 7) is 0. The molecule has 16 heavy (non-hydrogen) atoms. The first-order valence-corrected chi connectivity index (χ1v) is 5.46. The van der Waals surface area contributed by atoms with Gasteiger partial charge in [0.2, 0.25) is 0 Å². The first-order valence-electron chi connectivity index (χ1n) is 5.46. The number of pyridine rings is 1. The lowest BCUT2D eigenvalue weighted by molar-refractivity contribution is 0.264. The molecule has 1 aliphatic carbocycles. The third-order valence-corrected chi connectivity index (χ3v) is 3.36. The van der Waals surface area contributed by atoms with Crippen LogP contribution in [0, 0.1) is 0 Å². The summed E-state index contributed by atoms with van der Waals surface area (Å²) in [6, 6.07) is 4.22. The molecular formula is C11H14N4O. The highest BCUT2D eigenvalue weighted by Crippen LogP contribution is 2.31. The molecule has 0 bridgehead atoms. The van der Waals surface area contributed by atoms with Gasteiger partial charge in [-0.05, 0) is 25.0 Å². The highest BCUT2D eigenvalue weighted by molar-refractivity contribution is 5.71. The average Bonchev–Trinajstić information content (AvgIpc) is 2.49. The third kappa shape index (κ3) is 1.15. The van der Waals surface area contributed by atoms with Gasteiger partial charge in [0.15, 0.2) is 5.65 Å². The van der Waals surface area contributed by atoms with Crippen molar-refractivity contribution in [3.05, 3.63) is 28.8 Å². The molecule has 3 rings (SSSR count). The molecule has 0 saturated heterocycles. The lowest BCUT2D eigenvalue weighted by Gasteiger charge is -2.32. The van der Waals surface area contributed by atoms with Crippen LogP contribution >= 0.6 is 0 Å². The molecule has 1 fully saturated rings. The van der Waals surface area contributed by atoms with Crippen LogP contribution in [0.3, 0.4) is 0 Å². The van der Waals surface area contributed by atoms with Gasteiger partial charge in [0, 0.05) is 25.3 Å². The Hall–Kier alpha value is -1.62. The van der Waals surface area contributed by atoms with Gasteiger partial charge in [0.25, 0.3) is 0 Å². The van der Waals surface area contributed by atoms with Crippen LogP contribution in [0.5, 0.6) is 0 Å². The van der Waals surface area contributed by atoms with E-state index in [4.69, 9.17) is 5.73 Å². The van der Waals surface area contributed by atoms with Gasteiger partial charge in [0.1, 0.15) is 0 Å². The molecule has 0 unspecified atom stereocenters. The molecule has 2 aromatic rings. The van der Waals surface area contributed by atoms with Crippen molar-refractivity contribution in [2.24, 2.45) is 12.8 Å². The van der Waals surface area contributed by atoms with Crippen LogP contribution in [0.15, 0.2) is 23.1 Å². The van der Waals surface area contributed by atoms with Gasteiger partial charge in [-0.15, -0.1) is 0 Å². The van der Waals surface area contributed by atoms with E-state index in [1.165, 1.54) is 0 Å². The molecule has 0 amide bonds. The largest absolute Gasteiger partial charge is 0.330 e. The summed E-state index contributed by atoms with van der Waals surface area (Å²) in [5, 5.41) is 0. The number of nitrogens with zero attached hydrogens (tertiary/aromatic N) is 3. The van der Waals surface area contributed by atoms with Crippen LogP contribution in [-0.4, -0.2) is 20.2 Å². The van der Waals surface area contributed by atoms with Gasteiger partial charge in [-0.3, -0.25) is 9.13 Å². The zero-order valence-corrected chi connectivity index (χ0v) is 9.13. The van der Waals surface area contributed by atoms with Crippen molar-refractivity contribution in [1.82, 2.24) is 14.1 Å². The second kappa shape index (κ2) is 3.18. The van der Waals surface area contributed by atoms with Crippen molar-refractivity contribution in [3.8, 4) is 0 Å². The smallest absolute Gasteiger partial charge is 0.328 e. The van der Waals surface area contributed by atoms with E-state index in [-0.39, 0.29) is 17.8 Å². The van der Waals surface area contributed by atoms with Crippen LogP contribution < -0.4 is 11.4 Å². The molecule has 5 nitrogen and oxygen atoms in total. The standard InChI is InChI=1S/C11H14N4O/c1-14-9-3-2-4-13-10(9)15(11(14)16)8-5-7(12)6-8/h2-4,7-8H,5-6,12H2,1H3/t7-,8-. The highest BCUT2D eigenvalue weighted by atomic mass is 16.1. The second-order valence-electron chi connectivity index (χ2n) is 4.44. The van der Waals surface area contributed by atoms with Crippen molar-refractivity contribution < 1.29 is 0 Å². The van der Waals surface area contributed by atoms with Crippen molar-refractivity contribution in [2.45, 2.75) is 24.9 Å². The zero-order valence-electron chi connectivity index (χ0n) is 9.13. The Labute approximate surface area is 92.5 Å². The molecule has 0 atom stereocenters. The summed E-state index contributed by atoms with van der Waals surface area (Å²) < 4.78 is 3.42. The van der Waals surface area contributed by atoms with Gasteiger partial charge in [0.05, 0.1) is 5.52 Å². The number of hydrogen-bond acceptors (Lipinski definition) is 3. The van der Waals surface area contributed by atoms with Gasteiger partial charge in [-0.2, -0.15) is 0 Å². The van der Waals surface area contributed by atoms with Gasteiger partial charge in [-0.25, -0.2) is 9.78 Å². The first kappa shape index (κ1) is 9.59. The summed E-state index contributed by atoms with van der Waals surface area (Å²) >= 11 is 0. The molecule has 2 N–H and O–H groups in total. The Morgan fingerprint density at radius 2 is 2.25 bits per heavy atom. The predicted octanol–water partition coefficient (Wildman–Crippen LogP) is 0.397. The van der Waals surface area contributed by atoms with E-state index in [2.05, 4.69) is 4.98 Å². The first-order chi connectivity index (χ1) is 7.68. The number of aryl methyl sites for hydroxylation is 1. The van der Waals surface area contributed by atoms with Gasteiger partial charge < -0.3 is 5.73 Å². The van der Waals surface area contributed by atoms with Crippen LogP contribution in [-0.2, 0) is 7.05 Å². The van der Waals surface area contributed by atoms with E-state index in [9.17, 15) is 4.79 Å². The van der Waals surface area contributed by atoms with E-state index in [1.807, 2.05) is 12.1 Å². The Morgan fingerprint density at radius 3 is 2.94 bits per heavy atom. The monoisotopic (exact) mass is 218 g/mol. The van der Waals surface area contributed by atoms with Crippen LogP contribution in [0.4, 0.5) is 0 Å². The molecule has 2 heterocycles. The lowest BCUT2D eigenvalue weighted by Crippen LogP contribution is -2.41. The number of nitrogens with two attached hydrogens (primary N) is 1. The van der Waals surface area contributed by atoms with Crippen LogP contribution in [0.25, 0.3) is 11.2 Å². The molecule has 0 radical (unpaired) electrons. The van der Waals surface area contributed by atoms with Crippen LogP contribution in [0.2, 0.25) is 0 Å². The number of fused-ring (bicyclic) bond motifs is 1. The quantitative estimate of drug-likeness (QED) is 0.753. The van der Waals surface area contributed by atoms with Crippen molar-refractivity contribution in [3.63, 3.8) is 0 Å². The van der Waals surface area contributed by atoms with Gasteiger partial charge in [-0.1, -0.05) is 0 Å². The van der Waals surface area contributed by atoms with Crippen molar-refractivity contribution in [1.29, 1.82) is 0 Å². The number of imidazole rings is 1. The lowest BCUT2D eigenvalue weighted by atomic mass is 9.87. The van der Waals surface area contributed by atoms with E-state index >= 15 is 0 Å². The summed E-state index contributed by atoms with van der Waals surface area (Å²) in [5.41, 5.74) is 7.42. The molecular weight excluding hydrogens is 204 g/mol. The number of aromatic nitrogens is 3. The molecule has 2 aromatic heterocycles. The Morgan fingerprint density at radius 1 is 1.50 bits per heavy atom. The fraction of sp³-hybridized carbons (Fsp3) is 0.455. The van der Waals surface area contributed by atoms with Crippen molar-refractivity contribution in [2.75, 3.05) is 0 Å². The van der Waals surface area contributed by atoms with E-state index in [0.717, 1.165) is 24.0 Å². The maximum absolute atomic E-state index is 12.1. The zero-order chi connectivity index (χ0) is 11.3. The number of hydrogen-bond donors (Lipinski definition) is 1. The minimum atomic E-state index is 0.00519. The van der Waals surface area contributed by atoms with Gasteiger partial charge >= 0.3 is 5.69 Å². The van der Waals surface area contributed by atoms with Crippen LogP contribution in [0.1, 0.15) is 18.9 Å². The Balaban J connectivity index is 2.24. The fourth-order valence-electron chi connectivity index (χ4n) is 2.36. The molecule has 5 heteroatoms. The van der Waals surface area contributed by atoms with E-state index < -0.39 is 0 Å². The SMILES string of the molecule is Cn1c(=O)n([C@H]2C[C@H](N)C2)c2ncccc21. The minimum absolute atomic E-state index is 0.00519. The predicted molar refractivity (Wildman–Crippen MR) is 61.2 cm³/mol. The summed E-state index contributed by atoms with van der Waals surface area (Å²) in [7, 11) is 1.78. The molecule has 84 valence electrons. The van der Waals surface area contributed by atoms with E-state index in [0.29, 0.717) is 0 Å². The normalized spacial score (nSPS) is 24.6. The van der Waals surface area contributed by atoms with E-state index in [1.54, 1.807) is 22.4 Å². The Bertz CT molecular complexity index is 592.